The minimum absolute atomic E-state index is 0.0161. The monoisotopic (exact) mass is 430 g/mol. The molecule has 10 nitrogen and oxygen atoms in total. The Kier molecular flexibility index (Phi) is 5.31. The molecule has 0 spiro atoms. The summed E-state index contributed by atoms with van der Waals surface area (Å²) in [5, 5.41) is 39.3. The third kappa shape index (κ3) is 3.52. The number of nitriles is 2. The van der Waals surface area contributed by atoms with Gasteiger partial charge in [-0.2, -0.15) is 10.5 Å². The lowest BCUT2D eigenvalue weighted by atomic mass is 10.1. The number of carbonyl (C=O) groups excluding carboxylic acids is 2. The first-order chi connectivity index (χ1) is 15.4. The maximum atomic E-state index is 12.3. The van der Waals surface area contributed by atoms with E-state index in [1.54, 1.807) is 36.4 Å². The van der Waals surface area contributed by atoms with Crippen molar-refractivity contribution in [3.63, 3.8) is 0 Å². The number of aliphatic hydroxyl groups is 2. The second-order valence-corrected chi connectivity index (χ2v) is 6.72. The predicted octanol–water partition coefficient (Wildman–Crippen LogP) is 1.63. The Morgan fingerprint density at radius 2 is 1.19 bits per heavy atom. The number of H-pyrrole nitrogens is 2. The van der Waals surface area contributed by atoms with Crippen LogP contribution in [0, 0.1) is 22.7 Å². The van der Waals surface area contributed by atoms with Crippen LogP contribution in [0.5, 0.6) is 11.5 Å². The van der Waals surface area contributed by atoms with Gasteiger partial charge in [0.1, 0.15) is 12.1 Å². The van der Waals surface area contributed by atoms with Crippen LogP contribution in [0.4, 0.5) is 0 Å². The molecule has 4 aromatic rings. The Labute approximate surface area is 179 Å². The summed E-state index contributed by atoms with van der Waals surface area (Å²) in [4.78, 5) is 30.2. The fourth-order valence-corrected chi connectivity index (χ4v) is 3.21. The number of benzene rings is 2. The van der Waals surface area contributed by atoms with Crippen LogP contribution < -0.4 is 9.47 Å². The summed E-state index contributed by atoms with van der Waals surface area (Å²) in [7, 11) is 0. The van der Waals surface area contributed by atoms with Crippen LogP contribution in [0.3, 0.4) is 0 Å². The number of hydrogen-bond donors (Lipinski definition) is 4. The van der Waals surface area contributed by atoms with Crippen LogP contribution in [-0.2, 0) is 9.59 Å². The molecular weight excluding hydrogens is 416 g/mol. The van der Waals surface area contributed by atoms with Gasteiger partial charge in [0.05, 0.1) is 22.2 Å². The van der Waals surface area contributed by atoms with Crippen LogP contribution in [0.25, 0.3) is 21.8 Å². The third-order valence-corrected chi connectivity index (χ3v) is 4.80. The molecule has 2 unspecified atom stereocenters. The summed E-state index contributed by atoms with van der Waals surface area (Å²) >= 11 is 0. The van der Waals surface area contributed by atoms with Crippen LogP contribution in [0.15, 0.2) is 48.8 Å². The Morgan fingerprint density at radius 3 is 1.56 bits per heavy atom. The molecule has 158 valence electrons. The van der Waals surface area contributed by atoms with Crippen molar-refractivity contribution in [3.8, 4) is 23.6 Å². The van der Waals surface area contributed by atoms with Crippen molar-refractivity contribution >= 4 is 33.7 Å². The lowest BCUT2D eigenvalue weighted by Crippen LogP contribution is -2.43. The van der Waals surface area contributed by atoms with E-state index in [1.807, 2.05) is 12.1 Å². The van der Waals surface area contributed by atoms with Crippen molar-refractivity contribution in [3.05, 3.63) is 59.9 Å². The molecule has 0 aliphatic rings. The van der Waals surface area contributed by atoms with Gasteiger partial charge >= 0.3 is 11.9 Å². The van der Waals surface area contributed by atoms with E-state index in [4.69, 9.17) is 20.0 Å². The summed E-state index contributed by atoms with van der Waals surface area (Å²) in [6.07, 6.45) is -1.82. The summed E-state index contributed by atoms with van der Waals surface area (Å²) in [6.45, 7) is 0. The second kappa shape index (κ2) is 8.24. The normalized spacial score (nSPS) is 12.6. The van der Waals surface area contributed by atoms with Crippen LogP contribution >= 0.6 is 0 Å². The number of para-hydroxylation sites is 2. The average Bonchev–Trinajstić information content (AvgIpc) is 3.42. The molecule has 0 aliphatic heterocycles. The van der Waals surface area contributed by atoms with E-state index in [9.17, 15) is 19.8 Å². The van der Waals surface area contributed by atoms with Crippen molar-refractivity contribution in [1.82, 2.24) is 9.97 Å². The molecule has 0 saturated heterocycles. The molecule has 2 heterocycles. The van der Waals surface area contributed by atoms with E-state index in [-0.39, 0.29) is 11.5 Å². The number of hydrogen-bond acceptors (Lipinski definition) is 8. The van der Waals surface area contributed by atoms with Gasteiger partial charge in [0.15, 0.2) is 23.7 Å². The number of carbonyl (C=O) groups is 2. The second-order valence-electron chi connectivity index (χ2n) is 6.72. The van der Waals surface area contributed by atoms with Crippen LogP contribution in [0.2, 0.25) is 0 Å². The Morgan fingerprint density at radius 1 is 0.781 bits per heavy atom. The van der Waals surface area contributed by atoms with Crippen molar-refractivity contribution in [1.29, 1.82) is 10.5 Å². The van der Waals surface area contributed by atoms with E-state index in [0.717, 1.165) is 0 Å². The zero-order chi connectivity index (χ0) is 22.8. The van der Waals surface area contributed by atoms with E-state index in [0.29, 0.717) is 32.9 Å². The number of nitrogens with one attached hydrogen (secondary N) is 2. The molecule has 2 aromatic heterocycles. The number of aromatic nitrogens is 2. The van der Waals surface area contributed by atoms with Gasteiger partial charge in [0.25, 0.3) is 0 Å². The van der Waals surface area contributed by atoms with Gasteiger partial charge in [-0.25, -0.2) is 9.59 Å². The molecule has 0 saturated carbocycles. The molecule has 0 radical (unpaired) electrons. The summed E-state index contributed by atoms with van der Waals surface area (Å²) in [5.41, 5.74) is 1.52. The average molecular weight is 430 g/mol. The number of fused-ring (bicyclic) bond motifs is 2. The van der Waals surface area contributed by atoms with Crippen molar-refractivity contribution in [2.75, 3.05) is 0 Å². The van der Waals surface area contributed by atoms with E-state index in [1.165, 1.54) is 12.4 Å². The lowest BCUT2D eigenvalue weighted by Gasteiger charge is -2.15. The molecule has 0 bridgehead atoms. The van der Waals surface area contributed by atoms with Gasteiger partial charge in [0.2, 0.25) is 0 Å². The summed E-state index contributed by atoms with van der Waals surface area (Å²) in [5.74, 6) is -2.54. The summed E-state index contributed by atoms with van der Waals surface area (Å²) < 4.78 is 10.2. The minimum atomic E-state index is -2.23. The van der Waals surface area contributed by atoms with Crippen LogP contribution in [0.1, 0.15) is 11.1 Å². The third-order valence-electron chi connectivity index (χ3n) is 4.80. The predicted molar refractivity (Wildman–Crippen MR) is 109 cm³/mol. The first kappa shape index (κ1) is 20.6. The lowest BCUT2D eigenvalue weighted by molar-refractivity contribution is -0.162. The van der Waals surface area contributed by atoms with Crippen LogP contribution in [-0.4, -0.2) is 44.3 Å². The highest BCUT2D eigenvalue weighted by atomic mass is 16.6. The van der Waals surface area contributed by atoms with Gasteiger partial charge in [-0.3, -0.25) is 0 Å². The number of esters is 2. The van der Waals surface area contributed by atoms with Gasteiger partial charge in [-0.1, -0.05) is 12.1 Å². The fourth-order valence-electron chi connectivity index (χ4n) is 3.21. The standard InChI is InChI=1S/C22H14N4O6/c23-7-11-3-1-5-13-15(9-25-17(11)13)31-21(29)19(27)20(28)22(30)32-16-10-26-18-12(8-24)4-2-6-14(16)18/h1-6,9-10,19-20,25-28H. The van der Waals surface area contributed by atoms with Gasteiger partial charge in [-0.05, 0) is 24.3 Å². The van der Waals surface area contributed by atoms with Gasteiger partial charge in [-0.15, -0.1) is 0 Å². The van der Waals surface area contributed by atoms with Crippen molar-refractivity contribution in [2.45, 2.75) is 12.2 Å². The Bertz CT molecular complexity index is 1330. The molecule has 10 heteroatoms. The summed E-state index contributed by atoms with van der Waals surface area (Å²) in [6, 6.07) is 13.5. The Balaban J connectivity index is 1.48. The number of nitrogens with zero attached hydrogens (tertiary/aromatic N) is 2. The van der Waals surface area contributed by atoms with Gasteiger partial charge in [0, 0.05) is 23.2 Å². The van der Waals surface area contributed by atoms with E-state index >= 15 is 0 Å². The number of aliphatic hydroxyl groups excluding tert-OH is 2. The fraction of sp³-hybridized carbons (Fsp3) is 0.0909. The minimum Gasteiger partial charge on any atom is -0.422 e. The Hall–Kier alpha value is -4.64. The number of rotatable bonds is 5. The molecule has 0 amide bonds. The molecule has 4 N–H and O–H groups in total. The maximum absolute atomic E-state index is 12.3. The smallest absolute Gasteiger partial charge is 0.343 e. The van der Waals surface area contributed by atoms with Crippen molar-refractivity contribution in [2.24, 2.45) is 0 Å². The van der Waals surface area contributed by atoms with E-state index in [2.05, 4.69) is 9.97 Å². The molecule has 0 aliphatic carbocycles. The largest absolute Gasteiger partial charge is 0.422 e. The zero-order valence-corrected chi connectivity index (χ0v) is 16.2. The molecule has 2 aromatic carbocycles. The molecular formula is C22H14N4O6. The van der Waals surface area contributed by atoms with E-state index < -0.39 is 24.1 Å². The first-order valence-corrected chi connectivity index (χ1v) is 9.24. The first-order valence-electron chi connectivity index (χ1n) is 9.24. The maximum Gasteiger partial charge on any atom is 0.343 e. The highest BCUT2D eigenvalue weighted by Crippen LogP contribution is 2.29. The quantitative estimate of drug-likeness (QED) is 0.346. The highest BCUT2D eigenvalue weighted by molar-refractivity contribution is 5.95. The number of ether oxygens (including phenoxy) is 2. The highest BCUT2D eigenvalue weighted by Gasteiger charge is 2.34. The molecule has 2 atom stereocenters. The number of aromatic amines is 2. The van der Waals surface area contributed by atoms with Gasteiger partial charge < -0.3 is 29.7 Å². The van der Waals surface area contributed by atoms with Crippen molar-refractivity contribution < 1.29 is 29.3 Å². The SMILES string of the molecule is N#Cc1cccc2c(OC(=O)C(O)C(O)C(=O)Oc3c[nH]c4c(C#N)cccc34)c[nH]c12. The molecule has 0 fully saturated rings. The molecule has 4 rings (SSSR count). The zero-order valence-electron chi connectivity index (χ0n) is 16.2. The topological polar surface area (TPSA) is 172 Å². The molecule has 32 heavy (non-hydrogen) atoms.